The molecule has 3 rings (SSSR count). The SMILES string of the molecule is CC(C(=O)NC1CCCC1)N(Cc1cccc(Br)c1)C(=O)COc1ccc(Cl)cc1Br. The van der Waals surface area contributed by atoms with Crippen molar-refractivity contribution in [1.82, 2.24) is 10.2 Å². The maximum atomic E-state index is 13.1. The molecule has 0 bridgehead atoms. The zero-order chi connectivity index (χ0) is 22.4. The molecule has 1 unspecified atom stereocenters. The molecule has 1 aliphatic rings. The van der Waals surface area contributed by atoms with Crippen LogP contribution in [0.25, 0.3) is 0 Å². The van der Waals surface area contributed by atoms with Gasteiger partial charge in [0.1, 0.15) is 11.8 Å². The van der Waals surface area contributed by atoms with Gasteiger partial charge in [0.05, 0.1) is 4.47 Å². The molecule has 0 heterocycles. The number of carbonyl (C=O) groups is 2. The first-order valence-electron chi connectivity index (χ1n) is 10.3. The number of nitrogens with zero attached hydrogens (tertiary/aromatic N) is 1. The maximum Gasteiger partial charge on any atom is 0.261 e. The first-order chi connectivity index (χ1) is 14.8. The van der Waals surface area contributed by atoms with Crippen molar-refractivity contribution in [1.29, 1.82) is 0 Å². The Morgan fingerprint density at radius 3 is 2.61 bits per heavy atom. The van der Waals surface area contributed by atoms with Gasteiger partial charge in [-0.3, -0.25) is 9.59 Å². The van der Waals surface area contributed by atoms with Gasteiger partial charge in [-0.25, -0.2) is 0 Å². The molecule has 1 N–H and O–H groups in total. The minimum Gasteiger partial charge on any atom is -0.483 e. The predicted octanol–water partition coefficient (Wildman–Crippen LogP) is 5.72. The van der Waals surface area contributed by atoms with E-state index in [0.29, 0.717) is 21.8 Å². The third-order valence-electron chi connectivity index (χ3n) is 5.36. The summed E-state index contributed by atoms with van der Waals surface area (Å²) >= 11 is 12.8. The van der Waals surface area contributed by atoms with E-state index in [2.05, 4.69) is 37.2 Å². The molecule has 2 aromatic rings. The third kappa shape index (κ3) is 6.96. The number of halogens is 3. The fraction of sp³-hybridized carbons (Fsp3) is 0.391. The van der Waals surface area contributed by atoms with Gasteiger partial charge in [-0.2, -0.15) is 0 Å². The smallest absolute Gasteiger partial charge is 0.261 e. The van der Waals surface area contributed by atoms with Crippen molar-refractivity contribution in [3.05, 3.63) is 62.0 Å². The molecule has 166 valence electrons. The van der Waals surface area contributed by atoms with Crippen molar-refractivity contribution in [2.75, 3.05) is 6.61 Å². The predicted molar refractivity (Wildman–Crippen MR) is 129 cm³/mol. The lowest BCUT2D eigenvalue weighted by molar-refractivity contribution is -0.142. The number of hydrogen-bond acceptors (Lipinski definition) is 3. The Kier molecular flexibility index (Phi) is 8.81. The minimum atomic E-state index is -0.621. The Balaban J connectivity index is 1.73. The number of carbonyl (C=O) groups excluding carboxylic acids is 2. The molecular weight excluding hydrogens is 548 g/mol. The van der Waals surface area contributed by atoms with Gasteiger partial charge >= 0.3 is 0 Å². The first kappa shape index (κ1) is 24.1. The number of amides is 2. The van der Waals surface area contributed by atoms with E-state index >= 15 is 0 Å². The fourth-order valence-electron chi connectivity index (χ4n) is 3.62. The summed E-state index contributed by atoms with van der Waals surface area (Å²) in [5, 5.41) is 3.66. The van der Waals surface area contributed by atoms with E-state index in [1.165, 1.54) is 0 Å². The van der Waals surface area contributed by atoms with E-state index in [9.17, 15) is 9.59 Å². The summed E-state index contributed by atoms with van der Waals surface area (Å²) in [6, 6.07) is 12.4. The second-order valence-electron chi connectivity index (χ2n) is 7.68. The molecule has 2 amide bonds. The highest BCUT2D eigenvalue weighted by Crippen LogP contribution is 2.28. The second kappa shape index (κ2) is 11.3. The van der Waals surface area contributed by atoms with Crippen LogP contribution < -0.4 is 10.1 Å². The molecule has 1 atom stereocenters. The molecule has 0 aromatic heterocycles. The summed E-state index contributed by atoms with van der Waals surface area (Å²) in [5.74, 6) is 0.113. The van der Waals surface area contributed by atoms with Gasteiger partial charge in [0.15, 0.2) is 6.61 Å². The number of ether oxygens (including phenoxy) is 1. The van der Waals surface area contributed by atoms with Crippen LogP contribution >= 0.6 is 43.5 Å². The van der Waals surface area contributed by atoms with E-state index in [-0.39, 0.29) is 24.5 Å². The van der Waals surface area contributed by atoms with Crippen LogP contribution in [-0.4, -0.2) is 35.4 Å². The Morgan fingerprint density at radius 1 is 1.19 bits per heavy atom. The van der Waals surface area contributed by atoms with Gasteiger partial charge in [0, 0.05) is 22.1 Å². The Morgan fingerprint density at radius 2 is 1.94 bits per heavy atom. The third-order valence-corrected chi connectivity index (χ3v) is 6.70. The normalized spacial score (nSPS) is 14.8. The van der Waals surface area contributed by atoms with Gasteiger partial charge in [-0.15, -0.1) is 0 Å². The van der Waals surface area contributed by atoms with Gasteiger partial charge < -0.3 is 15.0 Å². The highest BCUT2D eigenvalue weighted by atomic mass is 79.9. The van der Waals surface area contributed by atoms with Gasteiger partial charge in [-0.05, 0) is 71.6 Å². The summed E-state index contributed by atoms with van der Waals surface area (Å²) in [6.45, 7) is 1.89. The zero-order valence-corrected chi connectivity index (χ0v) is 21.2. The van der Waals surface area contributed by atoms with E-state index in [0.717, 1.165) is 35.7 Å². The van der Waals surface area contributed by atoms with Crippen molar-refractivity contribution < 1.29 is 14.3 Å². The van der Waals surface area contributed by atoms with Crippen molar-refractivity contribution in [3.63, 3.8) is 0 Å². The highest BCUT2D eigenvalue weighted by Gasteiger charge is 2.28. The lowest BCUT2D eigenvalue weighted by atomic mass is 10.1. The van der Waals surface area contributed by atoms with Crippen LogP contribution in [-0.2, 0) is 16.1 Å². The van der Waals surface area contributed by atoms with Crippen LogP contribution in [0.15, 0.2) is 51.4 Å². The Bertz CT molecular complexity index is 935. The molecule has 8 heteroatoms. The van der Waals surface area contributed by atoms with Gasteiger partial charge in [-0.1, -0.05) is 52.5 Å². The van der Waals surface area contributed by atoms with Crippen molar-refractivity contribution in [2.24, 2.45) is 0 Å². The maximum absolute atomic E-state index is 13.1. The summed E-state index contributed by atoms with van der Waals surface area (Å²) in [4.78, 5) is 27.6. The molecule has 0 radical (unpaired) electrons. The van der Waals surface area contributed by atoms with Crippen molar-refractivity contribution >= 4 is 55.3 Å². The van der Waals surface area contributed by atoms with Crippen LogP contribution in [0.4, 0.5) is 0 Å². The standard InChI is InChI=1S/C23H25Br2ClN2O3/c1-15(23(30)27-19-7-2-3-8-19)28(13-16-5-4-6-17(24)11-16)22(29)14-31-21-10-9-18(26)12-20(21)25/h4-6,9-12,15,19H,2-3,7-8,13-14H2,1H3,(H,27,30). The van der Waals surface area contributed by atoms with Crippen LogP contribution in [0.1, 0.15) is 38.2 Å². The lowest BCUT2D eigenvalue weighted by Crippen LogP contribution is -2.50. The lowest BCUT2D eigenvalue weighted by Gasteiger charge is -2.29. The average Bonchev–Trinajstić information content (AvgIpc) is 3.23. The molecule has 0 aliphatic heterocycles. The largest absolute Gasteiger partial charge is 0.483 e. The van der Waals surface area contributed by atoms with E-state index in [1.54, 1.807) is 30.0 Å². The molecule has 1 fully saturated rings. The molecular formula is C23H25Br2ClN2O3. The number of rotatable bonds is 8. The van der Waals surface area contributed by atoms with Crippen LogP contribution in [0.3, 0.4) is 0 Å². The topological polar surface area (TPSA) is 58.6 Å². The van der Waals surface area contributed by atoms with Crippen LogP contribution in [0.2, 0.25) is 5.02 Å². The number of hydrogen-bond donors (Lipinski definition) is 1. The highest BCUT2D eigenvalue weighted by molar-refractivity contribution is 9.10. The second-order valence-corrected chi connectivity index (χ2v) is 9.89. The molecule has 1 aliphatic carbocycles. The van der Waals surface area contributed by atoms with E-state index in [4.69, 9.17) is 16.3 Å². The minimum absolute atomic E-state index is 0.136. The Hall–Kier alpha value is -1.57. The first-order valence-corrected chi connectivity index (χ1v) is 12.2. The zero-order valence-electron chi connectivity index (χ0n) is 17.2. The van der Waals surface area contributed by atoms with Crippen molar-refractivity contribution in [3.8, 4) is 5.75 Å². The summed E-state index contributed by atoms with van der Waals surface area (Å²) in [7, 11) is 0. The van der Waals surface area contributed by atoms with Gasteiger partial charge in [0.2, 0.25) is 5.91 Å². The van der Waals surface area contributed by atoms with Gasteiger partial charge in [0.25, 0.3) is 5.91 Å². The molecule has 31 heavy (non-hydrogen) atoms. The number of nitrogens with one attached hydrogen (secondary N) is 1. The Labute approximate surface area is 204 Å². The monoisotopic (exact) mass is 570 g/mol. The molecule has 1 saturated carbocycles. The molecule has 0 saturated heterocycles. The summed E-state index contributed by atoms with van der Waals surface area (Å²) in [6.07, 6.45) is 4.24. The van der Waals surface area contributed by atoms with E-state index in [1.807, 2.05) is 24.3 Å². The fourth-order valence-corrected chi connectivity index (χ4v) is 4.87. The van der Waals surface area contributed by atoms with Crippen LogP contribution in [0.5, 0.6) is 5.75 Å². The molecule has 2 aromatic carbocycles. The number of benzene rings is 2. The van der Waals surface area contributed by atoms with Crippen molar-refractivity contribution in [2.45, 2.75) is 51.2 Å². The van der Waals surface area contributed by atoms with E-state index < -0.39 is 6.04 Å². The molecule has 5 nitrogen and oxygen atoms in total. The van der Waals surface area contributed by atoms with Crippen LogP contribution in [0, 0.1) is 0 Å². The summed E-state index contributed by atoms with van der Waals surface area (Å²) < 4.78 is 7.31. The average molecular weight is 573 g/mol. The quantitative estimate of drug-likeness (QED) is 0.440. The summed E-state index contributed by atoms with van der Waals surface area (Å²) in [5.41, 5.74) is 0.927. The molecule has 0 spiro atoms.